The van der Waals surface area contributed by atoms with Gasteiger partial charge >= 0.3 is 5.97 Å². The molecule has 1 heterocycles. The second-order valence-corrected chi connectivity index (χ2v) is 3.56. The number of rotatable bonds is 4. The van der Waals surface area contributed by atoms with Crippen LogP contribution in [0.1, 0.15) is 18.2 Å². The predicted octanol–water partition coefficient (Wildman–Crippen LogP) is 1.94. The Kier molecular flexibility index (Phi) is 3.98. The fourth-order valence-corrected chi connectivity index (χ4v) is 1.20. The van der Waals surface area contributed by atoms with Gasteiger partial charge in [0, 0.05) is 12.0 Å². The van der Waals surface area contributed by atoms with Crippen LogP contribution in [0.15, 0.2) is 24.4 Å². The van der Waals surface area contributed by atoms with E-state index in [1.54, 1.807) is 0 Å². The average molecular weight is 246 g/mol. The van der Waals surface area contributed by atoms with E-state index in [1.807, 2.05) is 0 Å². The molecule has 0 amide bonds. The molecule has 1 aromatic heterocycles. The maximum atomic E-state index is 12.8. The topological polar surface area (TPSA) is 70.4 Å². The SMILES string of the molecule is C=C(CC(O)c1cc(Cl)c(F)cn1)C(=O)O. The Morgan fingerprint density at radius 2 is 2.31 bits per heavy atom. The summed E-state index contributed by atoms with van der Waals surface area (Å²) in [6.07, 6.45) is -0.490. The molecular weight excluding hydrogens is 237 g/mol. The number of carboxylic acids is 1. The molecule has 0 saturated carbocycles. The zero-order valence-corrected chi connectivity index (χ0v) is 8.91. The molecule has 0 fully saturated rings. The van der Waals surface area contributed by atoms with Crippen molar-refractivity contribution in [1.82, 2.24) is 4.98 Å². The lowest BCUT2D eigenvalue weighted by molar-refractivity contribution is -0.133. The van der Waals surface area contributed by atoms with Crippen LogP contribution in [0.3, 0.4) is 0 Å². The van der Waals surface area contributed by atoms with Crippen LogP contribution < -0.4 is 0 Å². The summed E-state index contributed by atoms with van der Waals surface area (Å²) in [5.74, 6) is -1.90. The first kappa shape index (κ1) is 12.6. The Hall–Kier alpha value is -1.46. The molecule has 86 valence electrons. The Balaban J connectivity index is 2.81. The van der Waals surface area contributed by atoms with Crippen molar-refractivity contribution in [2.24, 2.45) is 0 Å². The lowest BCUT2D eigenvalue weighted by Crippen LogP contribution is -2.07. The van der Waals surface area contributed by atoms with Crippen LogP contribution in [0.5, 0.6) is 0 Å². The van der Waals surface area contributed by atoms with Crippen molar-refractivity contribution >= 4 is 17.6 Å². The first-order valence-corrected chi connectivity index (χ1v) is 4.69. The standard InChI is InChI=1S/C10H9ClFNO3/c1-5(10(15)16)2-9(14)8-3-6(11)7(12)4-13-8/h3-4,9,14H,1-2H2,(H,15,16). The molecule has 6 heteroatoms. The van der Waals surface area contributed by atoms with E-state index >= 15 is 0 Å². The molecule has 16 heavy (non-hydrogen) atoms. The summed E-state index contributed by atoms with van der Waals surface area (Å²) in [6, 6.07) is 1.15. The van der Waals surface area contributed by atoms with Crippen molar-refractivity contribution in [1.29, 1.82) is 0 Å². The molecule has 0 aliphatic heterocycles. The zero-order chi connectivity index (χ0) is 12.3. The zero-order valence-electron chi connectivity index (χ0n) is 8.15. The molecule has 0 saturated heterocycles. The third kappa shape index (κ3) is 3.01. The second-order valence-electron chi connectivity index (χ2n) is 3.15. The number of carbonyl (C=O) groups is 1. The summed E-state index contributed by atoms with van der Waals surface area (Å²) in [4.78, 5) is 14.1. The van der Waals surface area contributed by atoms with E-state index in [0.717, 1.165) is 12.3 Å². The van der Waals surface area contributed by atoms with Gasteiger partial charge in [-0.05, 0) is 6.07 Å². The molecule has 0 aliphatic carbocycles. The summed E-state index contributed by atoms with van der Waals surface area (Å²) >= 11 is 5.49. The molecule has 1 rings (SSSR count). The van der Waals surface area contributed by atoms with Gasteiger partial charge in [-0.25, -0.2) is 9.18 Å². The number of halogens is 2. The van der Waals surface area contributed by atoms with Crippen molar-refractivity contribution in [3.05, 3.63) is 40.9 Å². The minimum Gasteiger partial charge on any atom is -0.478 e. The number of hydrogen-bond acceptors (Lipinski definition) is 3. The lowest BCUT2D eigenvalue weighted by Gasteiger charge is -2.10. The maximum absolute atomic E-state index is 12.8. The van der Waals surface area contributed by atoms with Gasteiger partial charge in [-0.15, -0.1) is 0 Å². The van der Waals surface area contributed by atoms with E-state index < -0.39 is 17.9 Å². The number of hydrogen-bond donors (Lipinski definition) is 2. The molecule has 0 bridgehead atoms. The van der Waals surface area contributed by atoms with Gasteiger partial charge in [0.25, 0.3) is 0 Å². The highest BCUT2D eigenvalue weighted by Gasteiger charge is 2.15. The number of carboxylic acid groups (broad SMARTS) is 1. The molecular formula is C10H9ClFNO3. The van der Waals surface area contributed by atoms with Crippen LogP contribution in [-0.4, -0.2) is 21.2 Å². The summed E-state index contributed by atoms with van der Waals surface area (Å²) in [5, 5.41) is 18.0. The number of aliphatic hydroxyl groups excluding tert-OH is 1. The largest absolute Gasteiger partial charge is 0.478 e. The number of pyridine rings is 1. The normalized spacial score (nSPS) is 12.2. The summed E-state index contributed by atoms with van der Waals surface area (Å²) in [5.41, 5.74) is -0.0523. The Bertz CT molecular complexity index is 436. The van der Waals surface area contributed by atoms with Gasteiger partial charge in [0.15, 0.2) is 5.82 Å². The Labute approximate surface area is 96.0 Å². The van der Waals surface area contributed by atoms with Crippen LogP contribution in [0.25, 0.3) is 0 Å². The van der Waals surface area contributed by atoms with Gasteiger partial charge in [0.2, 0.25) is 0 Å². The van der Waals surface area contributed by atoms with Crippen LogP contribution in [0.2, 0.25) is 5.02 Å². The molecule has 0 spiro atoms. The van der Waals surface area contributed by atoms with Crippen molar-refractivity contribution in [2.75, 3.05) is 0 Å². The van der Waals surface area contributed by atoms with Crippen LogP contribution in [0.4, 0.5) is 4.39 Å². The fourth-order valence-electron chi connectivity index (χ4n) is 1.04. The van der Waals surface area contributed by atoms with E-state index in [9.17, 15) is 14.3 Å². The second kappa shape index (κ2) is 5.05. The summed E-state index contributed by atoms with van der Waals surface area (Å²) in [7, 11) is 0. The average Bonchev–Trinajstić information content (AvgIpc) is 2.21. The molecule has 2 N–H and O–H groups in total. The molecule has 1 aromatic rings. The third-order valence-corrected chi connectivity index (χ3v) is 2.20. The van der Waals surface area contributed by atoms with Gasteiger partial charge in [0.05, 0.1) is 16.9 Å². The minimum atomic E-state index is -1.20. The van der Waals surface area contributed by atoms with E-state index in [-0.39, 0.29) is 22.7 Å². The van der Waals surface area contributed by atoms with E-state index in [0.29, 0.717) is 0 Å². The molecule has 0 aromatic carbocycles. The van der Waals surface area contributed by atoms with Gasteiger partial charge in [-0.3, -0.25) is 4.98 Å². The monoisotopic (exact) mass is 245 g/mol. The number of aliphatic carboxylic acids is 1. The highest BCUT2D eigenvalue weighted by Crippen LogP contribution is 2.22. The van der Waals surface area contributed by atoms with Crippen LogP contribution in [0, 0.1) is 5.82 Å². The highest BCUT2D eigenvalue weighted by molar-refractivity contribution is 6.30. The summed E-state index contributed by atoms with van der Waals surface area (Å²) < 4.78 is 12.8. The van der Waals surface area contributed by atoms with Crippen molar-refractivity contribution in [2.45, 2.75) is 12.5 Å². The smallest absolute Gasteiger partial charge is 0.331 e. The van der Waals surface area contributed by atoms with Gasteiger partial charge < -0.3 is 10.2 Å². The van der Waals surface area contributed by atoms with Crippen molar-refractivity contribution < 1.29 is 19.4 Å². The highest BCUT2D eigenvalue weighted by atomic mass is 35.5. The van der Waals surface area contributed by atoms with E-state index in [1.165, 1.54) is 0 Å². The minimum absolute atomic E-state index is 0.105. The molecule has 1 unspecified atom stereocenters. The Morgan fingerprint density at radius 1 is 1.69 bits per heavy atom. The number of nitrogens with zero attached hydrogens (tertiary/aromatic N) is 1. The Morgan fingerprint density at radius 3 is 2.81 bits per heavy atom. The molecule has 0 aliphatic rings. The first-order valence-electron chi connectivity index (χ1n) is 4.32. The molecule has 4 nitrogen and oxygen atoms in total. The summed E-state index contributed by atoms with van der Waals surface area (Å²) in [6.45, 7) is 3.27. The van der Waals surface area contributed by atoms with Gasteiger partial charge in [0.1, 0.15) is 6.10 Å². The number of aliphatic hydroxyl groups is 1. The molecule has 1 atom stereocenters. The van der Waals surface area contributed by atoms with Crippen LogP contribution in [-0.2, 0) is 4.79 Å². The predicted molar refractivity (Wildman–Crippen MR) is 55.6 cm³/mol. The number of aromatic nitrogens is 1. The quantitative estimate of drug-likeness (QED) is 0.796. The van der Waals surface area contributed by atoms with Gasteiger partial charge in [-0.2, -0.15) is 0 Å². The molecule has 0 radical (unpaired) electrons. The van der Waals surface area contributed by atoms with Crippen molar-refractivity contribution in [3.8, 4) is 0 Å². The van der Waals surface area contributed by atoms with Gasteiger partial charge in [-0.1, -0.05) is 18.2 Å². The maximum Gasteiger partial charge on any atom is 0.331 e. The first-order chi connectivity index (χ1) is 7.41. The van der Waals surface area contributed by atoms with Crippen molar-refractivity contribution in [3.63, 3.8) is 0 Å². The van der Waals surface area contributed by atoms with Crippen LogP contribution >= 0.6 is 11.6 Å². The fraction of sp³-hybridized carbons (Fsp3) is 0.200. The van der Waals surface area contributed by atoms with E-state index in [4.69, 9.17) is 16.7 Å². The third-order valence-electron chi connectivity index (χ3n) is 1.91. The lowest BCUT2D eigenvalue weighted by atomic mass is 10.1. The van der Waals surface area contributed by atoms with E-state index in [2.05, 4.69) is 11.6 Å².